The van der Waals surface area contributed by atoms with Crippen LogP contribution in [-0.2, 0) is 22.4 Å². The Labute approximate surface area is 190 Å². The van der Waals surface area contributed by atoms with Gasteiger partial charge in [0.25, 0.3) is 0 Å². The molecule has 2 aliphatic rings. The van der Waals surface area contributed by atoms with E-state index < -0.39 is 23.3 Å². The van der Waals surface area contributed by atoms with Gasteiger partial charge < -0.3 is 25.7 Å². The van der Waals surface area contributed by atoms with Gasteiger partial charge in [0.1, 0.15) is 11.9 Å². The Balaban J connectivity index is 1.44. The number of nitrogens with one attached hydrogen (secondary N) is 2. The van der Waals surface area contributed by atoms with E-state index in [9.17, 15) is 19.8 Å². The zero-order chi connectivity index (χ0) is 23.1. The number of aliphatic carboxylic acids is 1. The zero-order valence-electron chi connectivity index (χ0n) is 19.4. The van der Waals surface area contributed by atoms with E-state index in [0.717, 1.165) is 69.5 Å². The lowest BCUT2D eigenvalue weighted by molar-refractivity contribution is -0.144. The summed E-state index contributed by atoms with van der Waals surface area (Å²) in [6.07, 6.45) is 7.94. The van der Waals surface area contributed by atoms with Crippen LogP contribution in [0.25, 0.3) is 0 Å². The minimum absolute atomic E-state index is 0.325. The van der Waals surface area contributed by atoms with E-state index in [4.69, 9.17) is 4.98 Å². The number of carboxylic acid groups (broad SMARTS) is 1. The van der Waals surface area contributed by atoms with E-state index in [1.165, 1.54) is 5.56 Å². The summed E-state index contributed by atoms with van der Waals surface area (Å²) in [6.45, 7) is 5.44. The largest absolute Gasteiger partial charge is 0.480 e. The van der Waals surface area contributed by atoms with Crippen molar-refractivity contribution < 1.29 is 19.8 Å². The molecule has 1 aliphatic carbocycles. The average molecular weight is 447 g/mol. The van der Waals surface area contributed by atoms with E-state index in [1.807, 2.05) is 0 Å². The molecule has 1 saturated carbocycles. The molecule has 1 fully saturated rings. The summed E-state index contributed by atoms with van der Waals surface area (Å²) in [7, 11) is 0. The summed E-state index contributed by atoms with van der Waals surface area (Å²) in [5.74, 6) is -0.424. The molecule has 32 heavy (non-hydrogen) atoms. The van der Waals surface area contributed by atoms with Crippen LogP contribution in [0.1, 0.15) is 63.6 Å². The molecule has 178 valence electrons. The molecule has 0 aromatic carbocycles. The van der Waals surface area contributed by atoms with Crippen molar-refractivity contribution >= 4 is 17.7 Å². The van der Waals surface area contributed by atoms with Crippen LogP contribution in [0.4, 0.5) is 5.82 Å². The third-order valence-electron chi connectivity index (χ3n) is 6.46. The Kier molecular flexibility index (Phi) is 8.48. The summed E-state index contributed by atoms with van der Waals surface area (Å²) in [5, 5.41) is 24.9. The molecule has 4 N–H and O–H groups in total. The lowest BCUT2D eigenvalue weighted by atomic mass is 9.93. The number of nitrogens with zero attached hydrogens (tertiary/aromatic N) is 2. The van der Waals surface area contributed by atoms with Crippen molar-refractivity contribution in [2.45, 2.75) is 77.3 Å². The Bertz CT molecular complexity index is 794. The first-order valence-electron chi connectivity index (χ1n) is 11.9. The number of hydrogen-bond acceptors (Lipinski definition) is 6. The molecule has 2 heterocycles. The third kappa shape index (κ3) is 6.90. The third-order valence-corrected chi connectivity index (χ3v) is 6.46. The van der Waals surface area contributed by atoms with Crippen LogP contribution in [0.15, 0.2) is 12.1 Å². The van der Waals surface area contributed by atoms with E-state index in [2.05, 4.69) is 27.7 Å². The van der Waals surface area contributed by atoms with Crippen LogP contribution in [0.2, 0.25) is 0 Å². The quantitative estimate of drug-likeness (QED) is 0.343. The Morgan fingerprint density at radius 2 is 2.06 bits per heavy atom. The number of rotatable bonds is 13. The van der Waals surface area contributed by atoms with Crippen molar-refractivity contribution in [3.63, 3.8) is 0 Å². The second-order valence-corrected chi connectivity index (χ2v) is 9.76. The van der Waals surface area contributed by atoms with Crippen molar-refractivity contribution in [3.8, 4) is 0 Å². The molecule has 8 nitrogen and oxygen atoms in total. The fourth-order valence-corrected chi connectivity index (χ4v) is 4.02. The second kappa shape index (κ2) is 11.1. The molecule has 1 atom stereocenters. The Hall–Kier alpha value is -2.19. The number of fused-ring (bicyclic) bond motifs is 1. The van der Waals surface area contributed by atoms with Gasteiger partial charge in [-0.1, -0.05) is 6.07 Å². The maximum absolute atomic E-state index is 12.3. The lowest BCUT2D eigenvalue weighted by Gasteiger charge is -2.26. The Morgan fingerprint density at radius 1 is 1.28 bits per heavy atom. The lowest BCUT2D eigenvalue weighted by Crippen LogP contribution is -2.49. The number of carbonyl (C=O) groups is 2. The number of carbonyl (C=O) groups excluding carboxylic acids is 1. The van der Waals surface area contributed by atoms with Gasteiger partial charge in [0.15, 0.2) is 0 Å². The SMILES string of the molecule is CC(C)(CO)C(=O)NC(CCN(CCCCc1ccc2c(n1)NCCC2)C1CC1)C(=O)O. The van der Waals surface area contributed by atoms with E-state index in [0.29, 0.717) is 19.0 Å². The number of hydrogen-bond donors (Lipinski definition) is 4. The molecule has 1 aromatic heterocycles. The van der Waals surface area contributed by atoms with Gasteiger partial charge >= 0.3 is 5.97 Å². The van der Waals surface area contributed by atoms with Crippen molar-refractivity contribution in [2.24, 2.45) is 5.41 Å². The highest BCUT2D eigenvalue weighted by Gasteiger charge is 2.33. The first-order valence-corrected chi connectivity index (χ1v) is 11.9. The van der Waals surface area contributed by atoms with Crippen molar-refractivity contribution in [3.05, 3.63) is 23.4 Å². The fourth-order valence-electron chi connectivity index (χ4n) is 4.02. The molecule has 0 spiro atoms. The van der Waals surface area contributed by atoms with Gasteiger partial charge in [-0.3, -0.25) is 4.79 Å². The molecule has 8 heteroatoms. The molecule has 1 unspecified atom stereocenters. The number of aromatic nitrogens is 1. The maximum Gasteiger partial charge on any atom is 0.326 e. The number of carboxylic acids is 1. The molecule has 0 bridgehead atoms. The number of aliphatic hydroxyl groups is 1. The van der Waals surface area contributed by atoms with Gasteiger partial charge in [0.05, 0.1) is 12.0 Å². The molecule has 3 rings (SSSR count). The molecule has 0 saturated heterocycles. The smallest absolute Gasteiger partial charge is 0.326 e. The van der Waals surface area contributed by atoms with E-state index in [-0.39, 0.29) is 6.61 Å². The molecule has 1 aromatic rings. The first-order chi connectivity index (χ1) is 15.3. The van der Waals surface area contributed by atoms with Crippen LogP contribution in [0.3, 0.4) is 0 Å². The van der Waals surface area contributed by atoms with Gasteiger partial charge in [-0.05, 0) is 83.4 Å². The standard InChI is InChI=1S/C24H38N4O4/c1-24(2,16-29)23(32)27-20(22(30)31)12-15-28(19-10-11-19)14-4-3-7-18-9-8-17-6-5-13-25-21(17)26-18/h8-9,19-20,29H,3-7,10-16H2,1-2H3,(H,25,26)(H,27,32)(H,30,31). The predicted molar refractivity (Wildman–Crippen MR) is 124 cm³/mol. The second-order valence-electron chi connectivity index (χ2n) is 9.76. The number of pyridine rings is 1. The van der Waals surface area contributed by atoms with Gasteiger partial charge in [-0.25, -0.2) is 9.78 Å². The van der Waals surface area contributed by atoms with E-state index in [1.54, 1.807) is 13.8 Å². The van der Waals surface area contributed by atoms with Gasteiger partial charge in [0.2, 0.25) is 5.91 Å². The summed E-state index contributed by atoms with van der Waals surface area (Å²) in [4.78, 5) is 31.1. The Morgan fingerprint density at radius 3 is 2.75 bits per heavy atom. The van der Waals surface area contributed by atoms with Gasteiger partial charge in [-0.2, -0.15) is 0 Å². The monoisotopic (exact) mass is 446 g/mol. The summed E-state index contributed by atoms with van der Waals surface area (Å²) < 4.78 is 0. The number of anilines is 1. The van der Waals surface area contributed by atoms with Crippen molar-refractivity contribution in [1.29, 1.82) is 0 Å². The molecule has 1 amide bonds. The fraction of sp³-hybridized carbons (Fsp3) is 0.708. The minimum Gasteiger partial charge on any atom is -0.480 e. The highest BCUT2D eigenvalue weighted by atomic mass is 16.4. The van der Waals surface area contributed by atoms with E-state index >= 15 is 0 Å². The minimum atomic E-state index is -1.03. The molecule has 1 aliphatic heterocycles. The van der Waals surface area contributed by atoms with Gasteiger partial charge in [-0.15, -0.1) is 0 Å². The maximum atomic E-state index is 12.3. The zero-order valence-corrected chi connectivity index (χ0v) is 19.4. The van der Waals surface area contributed by atoms with Crippen LogP contribution < -0.4 is 10.6 Å². The predicted octanol–water partition coefficient (Wildman–Crippen LogP) is 2.20. The highest BCUT2D eigenvalue weighted by Crippen LogP contribution is 2.28. The number of aliphatic hydroxyl groups excluding tert-OH is 1. The van der Waals surface area contributed by atoms with Crippen molar-refractivity contribution in [2.75, 3.05) is 31.6 Å². The molecular formula is C24H38N4O4. The first kappa shape index (κ1) is 24.5. The summed E-state index contributed by atoms with van der Waals surface area (Å²) >= 11 is 0. The number of unbranched alkanes of at least 4 members (excludes halogenated alkanes) is 1. The van der Waals surface area contributed by atoms with Crippen LogP contribution in [0.5, 0.6) is 0 Å². The average Bonchev–Trinajstić information content (AvgIpc) is 3.62. The van der Waals surface area contributed by atoms with Gasteiger partial charge in [0, 0.05) is 24.8 Å². The normalized spacial score (nSPS) is 16.9. The highest BCUT2D eigenvalue weighted by molar-refractivity contribution is 5.87. The summed E-state index contributed by atoms with van der Waals surface area (Å²) in [6, 6.07) is 3.92. The number of amides is 1. The van der Waals surface area contributed by atoms with Crippen LogP contribution in [-0.4, -0.2) is 70.3 Å². The summed E-state index contributed by atoms with van der Waals surface area (Å²) in [5.41, 5.74) is 1.43. The number of aryl methyl sites for hydroxylation is 2. The topological polar surface area (TPSA) is 115 Å². The van der Waals surface area contributed by atoms with Crippen LogP contribution in [0, 0.1) is 5.41 Å². The van der Waals surface area contributed by atoms with Crippen LogP contribution >= 0.6 is 0 Å². The van der Waals surface area contributed by atoms with Crippen molar-refractivity contribution in [1.82, 2.24) is 15.2 Å². The molecular weight excluding hydrogens is 408 g/mol. The molecule has 0 radical (unpaired) electrons.